The first kappa shape index (κ1) is 11.9. The topological polar surface area (TPSA) is 50.4 Å². The third-order valence-electron chi connectivity index (χ3n) is 2.67. The van der Waals surface area contributed by atoms with Crippen molar-refractivity contribution in [2.75, 3.05) is 13.1 Å². The van der Waals surface area contributed by atoms with Crippen LogP contribution in [0.1, 0.15) is 12.0 Å². The van der Waals surface area contributed by atoms with Crippen LogP contribution < -0.4 is 10.6 Å². The summed E-state index contributed by atoms with van der Waals surface area (Å²) in [4.78, 5) is 11.4. The second kappa shape index (κ2) is 5.63. The minimum atomic E-state index is -0.428. The lowest BCUT2D eigenvalue weighted by atomic mass is 10.2. The highest BCUT2D eigenvalue weighted by atomic mass is 19.1. The first-order chi connectivity index (χ1) is 8.24. The van der Waals surface area contributed by atoms with E-state index in [9.17, 15) is 9.18 Å². The zero-order valence-corrected chi connectivity index (χ0v) is 9.41. The third kappa shape index (κ3) is 3.71. The highest BCUT2D eigenvalue weighted by Gasteiger charge is 2.17. The fourth-order valence-corrected chi connectivity index (χ4v) is 1.72. The van der Waals surface area contributed by atoms with Crippen LogP contribution >= 0.6 is 0 Å². The molecule has 1 aromatic carbocycles. The van der Waals surface area contributed by atoms with Crippen molar-refractivity contribution in [2.24, 2.45) is 0 Å². The van der Waals surface area contributed by atoms with Gasteiger partial charge < -0.3 is 15.4 Å². The predicted octanol–water partition coefficient (Wildman–Crippen LogP) is 1.41. The predicted molar refractivity (Wildman–Crippen MR) is 61.0 cm³/mol. The molecule has 0 aliphatic carbocycles. The lowest BCUT2D eigenvalue weighted by Crippen LogP contribution is -2.36. The Bertz CT molecular complexity index is 375. The van der Waals surface area contributed by atoms with Crippen LogP contribution in [0.25, 0.3) is 0 Å². The SMILES string of the molecule is O=C(NC1CCNC1)OCc1ccc(F)cc1. The van der Waals surface area contributed by atoms with Crippen molar-refractivity contribution in [3.05, 3.63) is 35.6 Å². The first-order valence-electron chi connectivity index (χ1n) is 5.62. The van der Waals surface area contributed by atoms with Gasteiger partial charge in [-0.05, 0) is 30.7 Å². The van der Waals surface area contributed by atoms with Gasteiger partial charge in [0.15, 0.2) is 0 Å². The molecule has 5 heteroatoms. The summed E-state index contributed by atoms with van der Waals surface area (Å²) in [5.41, 5.74) is 0.770. The number of amides is 1. The summed E-state index contributed by atoms with van der Waals surface area (Å²) in [6.07, 6.45) is 0.495. The van der Waals surface area contributed by atoms with E-state index in [1.807, 2.05) is 0 Å². The standard InChI is InChI=1S/C12H15FN2O2/c13-10-3-1-9(2-4-10)8-17-12(16)15-11-5-6-14-7-11/h1-4,11,14H,5-8H2,(H,15,16). The molecule has 0 radical (unpaired) electrons. The second-order valence-corrected chi connectivity index (χ2v) is 4.04. The van der Waals surface area contributed by atoms with Gasteiger partial charge in [-0.15, -0.1) is 0 Å². The Morgan fingerprint density at radius 1 is 1.47 bits per heavy atom. The zero-order chi connectivity index (χ0) is 12.1. The van der Waals surface area contributed by atoms with Gasteiger partial charge in [0.25, 0.3) is 0 Å². The summed E-state index contributed by atoms with van der Waals surface area (Å²) in [5, 5.41) is 5.91. The summed E-state index contributed by atoms with van der Waals surface area (Å²) in [7, 11) is 0. The summed E-state index contributed by atoms with van der Waals surface area (Å²) in [6, 6.07) is 6.03. The Hall–Kier alpha value is -1.62. The Morgan fingerprint density at radius 3 is 2.88 bits per heavy atom. The van der Waals surface area contributed by atoms with Crippen LogP contribution in [0.5, 0.6) is 0 Å². The van der Waals surface area contributed by atoms with Crippen molar-refractivity contribution in [3.8, 4) is 0 Å². The van der Waals surface area contributed by atoms with Crippen LogP contribution in [0, 0.1) is 5.82 Å². The molecule has 1 saturated heterocycles. The molecule has 2 N–H and O–H groups in total. The molecule has 1 unspecified atom stereocenters. The monoisotopic (exact) mass is 238 g/mol. The van der Waals surface area contributed by atoms with Gasteiger partial charge in [-0.25, -0.2) is 9.18 Å². The smallest absolute Gasteiger partial charge is 0.407 e. The lowest BCUT2D eigenvalue weighted by Gasteiger charge is -2.11. The number of rotatable bonds is 3. The van der Waals surface area contributed by atoms with Crippen LogP contribution in [0.2, 0.25) is 0 Å². The average Bonchev–Trinajstić information content (AvgIpc) is 2.81. The number of benzene rings is 1. The number of nitrogens with one attached hydrogen (secondary N) is 2. The minimum Gasteiger partial charge on any atom is -0.445 e. The molecular weight excluding hydrogens is 223 g/mol. The Kier molecular flexibility index (Phi) is 3.93. The van der Waals surface area contributed by atoms with Crippen molar-refractivity contribution in [2.45, 2.75) is 19.1 Å². The Labute approximate surface area is 99.2 Å². The number of carbonyl (C=O) groups excluding carboxylic acids is 1. The third-order valence-corrected chi connectivity index (χ3v) is 2.67. The molecule has 2 rings (SSSR count). The summed E-state index contributed by atoms with van der Waals surface area (Å²) in [6.45, 7) is 1.86. The molecule has 1 fully saturated rings. The van der Waals surface area contributed by atoms with E-state index in [2.05, 4.69) is 10.6 Å². The largest absolute Gasteiger partial charge is 0.445 e. The number of ether oxygens (including phenoxy) is 1. The normalized spacial score (nSPS) is 19.0. The highest BCUT2D eigenvalue weighted by molar-refractivity contribution is 5.67. The number of hydrogen-bond donors (Lipinski definition) is 2. The van der Waals surface area contributed by atoms with Crippen LogP contribution in [0.4, 0.5) is 9.18 Å². The minimum absolute atomic E-state index is 0.149. The number of alkyl carbamates (subject to hydrolysis) is 1. The van der Waals surface area contributed by atoms with E-state index in [0.717, 1.165) is 25.1 Å². The van der Waals surface area contributed by atoms with E-state index in [4.69, 9.17) is 4.74 Å². The van der Waals surface area contributed by atoms with E-state index in [0.29, 0.717) is 0 Å². The van der Waals surface area contributed by atoms with Gasteiger partial charge in [-0.1, -0.05) is 12.1 Å². The maximum Gasteiger partial charge on any atom is 0.407 e. The molecule has 1 aliphatic rings. The van der Waals surface area contributed by atoms with Crippen molar-refractivity contribution in [1.82, 2.24) is 10.6 Å². The molecule has 1 aromatic rings. The molecular formula is C12H15FN2O2. The quantitative estimate of drug-likeness (QED) is 0.837. The maximum atomic E-state index is 12.6. The van der Waals surface area contributed by atoms with Crippen molar-refractivity contribution < 1.29 is 13.9 Å². The van der Waals surface area contributed by atoms with E-state index >= 15 is 0 Å². The highest BCUT2D eigenvalue weighted by Crippen LogP contribution is 2.05. The van der Waals surface area contributed by atoms with E-state index in [1.165, 1.54) is 12.1 Å². The molecule has 1 heterocycles. The first-order valence-corrected chi connectivity index (χ1v) is 5.62. The summed E-state index contributed by atoms with van der Waals surface area (Å²) in [5.74, 6) is -0.296. The van der Waals surface area contributed by atoms with E-state index < -0.39 is 6.09 Å². The average molecular weight is 238 g/mol. The van der Waals surface area contributed by atoms with Gasteiger partial charge in [-0.3, -0.25) is 0 Å². The molecule has 1 aliphatic heterocycles. The molecule has 17 heavy (non-hydrogen) atoms. The summed E-state index contributed by atoms with van der Waals surface area (Å²) >= 11 is 0. The van der Waals surface area contributed by atoms with Crippen molar-refractivity contribution in [3.63, 3.8) is 0 Å². The van der Waals surface area contributed by atoms with Crippen LogP contribution in [0.15, 0.2) is 24.3 Å². The fraction of sp³-hybridized carbons (Fsp3) is 0.417. The van der Waals surface area contributed by atoms with E-state index in [-0.39, 0.29) is 18.5 Å². The van der Waals surface area contributed by atoms with Gasteiger partial charge in [-0.2, -0.15) is 0 Å². The Morgan fingerprint density at radius 2 is 2.24 bits per heavy atom. The number of hydrogen-bond acceptors (Lipinski definition) is 3. The van der Waals surface area contributed by atoms with Crippen LogP contribution in [0.3, 0.4) is 0 Å². The van der Waals surface area contributed by atoms with Gasteiger partial charge in [0.1, 0.15) is 12.4 Å². The molecule has 92 valence electrons. The summed E-state index contributed by atoms with van der Waals surface area (Å²) < 4.78 is 17.7. The van der Waals surface area contributed by atoms with E-state index in [1.54, 1.807) is 12.1 Å². The molecule has 1 amide bonds. The van der Waals surface area contributed by atoms with Crippen LogP contribution in [-0.4, -0.2) is 25.2 Å². The second-order valence-electron chi connectivity index (χ2n) is 4.04. The van der Waals surface area contributed by atoms with Crippen molar-refractivity contribution in [1.29, 1.82) is 0 Å². The maximum absolute atomic E-state index is 12.6. The molecule has 0 saturated carbocycles. The lowest BCUT2D eigenvalue weighted by molar-refractivity contribution is 0.136. The van der Waals surface area contributed by atoms with Gasteiger partial charge in [0, 0.05) is 12.6 Å². The van der Waals surface area contributed by atoms with Gasteiger partial charge in [0.05, 0.1) is 0 Å². The molecule has 0 bridgehead atoms. The van der Waals surface area contributed by atoms with Crippen molar-refractivity contribution >= 4 is 6.09 Å². The van der Waals surface area contributed by atoms with Gasteiger partial charge >= 0.3 is 6.09 Å². The van der Waals surface area contributed by atoms with Gasteiger partial charge in [0.2, 0.25) is 0 Å². The number of halogens is 1. The zero-order valence-electron chi connectivity index (χ0n) is 9.41. The Balaban J connectivity index is 1.73. The molecule has 4 nitrogen and oxygen atoms in total. The molecule has 0 spiro atoms. The molecule has 0 aromatic heterocycles. The number of carbonyl (C=O) groups is 1. The van der Waals surface area contributed by atoms with Crippen LogP contribution in [-0.2, 0) is 11.3 Å². The fourth-order valence-electron chi connectivity index (χ4n) is 1.72. The molecule has 1 atom stereocenters.